The summed E-state index contributed by atoms with van der Waals surface area (Å²) in [5.41, 5.74) is 2.30. The van der Waals surface area contributed by atoms with E-state index in [0.717, 1.165) is 16.3 Å². The van der Waals surface area contributed by atoms with Crippen LogP contribution in [-0.4, -0.2) is 19.8 Å². The summed E-state index contributed by atoms with van der Waals surface area (Å²) >= 11 is 0. The van der Waals surface area contributed by atoms with Gasteiger partial charge >= 0.3 is 0 Å². The van der Waals surface area contributed by atoms with Gasteiger partial charge in [0, 0.05) is 13.6 Å². The molecule has 0 saturated carbocycles. The van der Waals surface area contributed by atoms with Gasteiger partial charge in [-0.15, -0.1) is 0 Å². The first kappa shape index (κ1) is 18.6. The van der Waals surface area contributed by atoms with Crippen LogP contribution in [0.25, 0.3) is 10.8 Å². The zero-order valence-corrected chi connectivity index (χ0v) is 16.5. The van der Waals surface area contributed by atoms with Gasteiger partial charge in [-0.25, -0.2) is 8.42 Å². The van der Waals surface area contributed by atoms with Gasteiger partial charge < -0.3 is 0 Å². The van der Waals surface area contributed by atoms with Crippen LogP contribution in [0, 0.1) is 0 Å². The summed E-state index contributed by atoms with van der Waals surface area (Å²) in [7, 11) is -1.91. The van der Waals surface area contributed by atoms with Crippen LogP contribution in [0.3, 0.4) is 0 Å². The summed E-state index contributed by atoms with van der Waals surface area (Å²) < 4.78 is 27.3. The minimum absolute atomic E-state index is 0.0849. The van der Waals surface area contributed by atoms with Crippen LogP contribution in [0.15, 0.2) is 71.6 Å². The minimum Gasteiger partial charge on any atom is -0.207 e. The van der Waals surface area contributed by atoms with Crippen molar-refractivity contribution in [1.82, 2.24) is 4.31 Å². The van der Waals surface area contributed by atoms with E-state index in [-0.39, 0.29) is 5.41 Å². The largest absolute Gasteiger partial charge is 0.243 e. The van der Waals surface area contributed by atoms with Gasteiger partial charge in [-0.3, -0.25) is 0 Å². The molecule has 0 radical (unpaired) electrons. The highest BCUT2D eigenvalue weighted by molar-refractivity contribution is 7.89. The molecule has 0 saturated heterocycles. The van der Waals surface area contributed by atoms with Crippen LogP contribution in [0.4, 0.5) is 0 Å². The predicted molar refractivity (Wildman–Crippen MR) is 108 cm³/mol. The van der Waals surface area contributed by atoms with E-state index in [0.29, 0.717) is 11.4 Å². The van der Waals surface area contributed by atoms with Gasteiger partial charge in [-0.1, -0.05) is 75.4 Å². The maximum absolute atomic E-state index is 12.9. The van der Waals surface area contributed by atoms with Crippen molar-refractivity contribution in [2.24, 2.45) is 0 Å². The first-order chi connectivity index (χ1) is 12.2. The lowest BCUT2D eigenvalue weighted by Gasteiger charge is -2.21. The summed E-state index contributed by atoms with van der Waals surface area (Å²) in [4.78, 5) is 0.324. The Morgan fingerprint density at radius 2 is 1.46 bits per heavy atom. The molecule has 0 aromatic heterocycles. The van der Waals surface area contributed by atoms with Crippen LogP contribution in [0.5, 0.6) is 0 Å². The van der Waals surface area contributed by atoms with Crippen molar-refractivity contribution >= 4 is 20.8 Å². The number of hydrogen-bond donors (Lipinski definition) is 0. The van der Waals surface area contributed by atoms with E-state index in [9.17, 15) is 8.42 Å². The third-order valence-corrected chi connectivity index (χ3v) is 6.45. The van der Waals surface area contributed by atoms with Gasteiger partial charge in [-0.2, -0.15) is 4.31 Å². The van der Waals surface area contributed by atoms with Crippen LogP contribution < -0.4 is 0 Å². The number of benzene rings is 3. The second-order valence-electron chi connectivity index (χ2n) is 7.72. The second kappa shape index (κ2) is 6.86. The monoisotopic (exact) mass is 367 g/mol. The average molecular weight is 368 g/mol. The van der Waals surface area contributed by atoms with Crippen molar-refractivity contribution in [2.75, 3.05) is 7.05 Å². The van der Waals surface area contributed by atoms with E-state index in [1.54, 1.807) is 19.2 Å². The van der Waals surface area contributed by atoms with Gasteiger partial charge in [0.2, 0.25) is 10.0 Å². The highest BCUT2D eigenvalue weighted by Crippen LogP contribution is 2.24. The lowest BCUT2D eigenvalue weighted by molar-refractivity contribution is 0.466. The van der Waals surface area contributed by atoms with Crippen molar-refractivity contribution in [2.45, 2.75) is 37.6 Å². The number of fused-ring (bicyclic) bond motifs is 1. The molecule has 0 spiro atoms. The quantitative estimate of drug-likeness (QED) is 0.654. The Morgan fingerprint density at radius 3 is 2.08 bits per heavy atom. The fraction of sp³-hybridized carbons (Fsp3) is 0.273. The van der Waals surface area contributed by atoms with Crippen molar-refractivity contribution in [3.63, 3.8) is 0 Å². The van der Waals surface area contributed by atoms with E-state index in [4.69, 9.17) is 0 Å². The van der Waals surface area contributed by atoms with Gasteiger partial charge in [-0.05, 0) is 39.4 Å². The standard InChI is InChI=1S/C22H25NO2S/c1-22(2,3)20-12-9-17(10-13-20)16-23(4)26(24,25)21-14-11-18-7-5-6-8-19(18)15-21/h5-15H,16H2,1-4H3. The normalized spacial score (nSPS) is 12.7. The Hall–Kier alpha value is -2.17. The molecule has 136 valence electrons. The number of sulfonamides is 1. The maximum atomic E-state index is 12.9. The van der Waals surface area contributed by atoms with Crippen LogP contribution in [-0.2, 0) is 22.0 Å². The van der Waals surface area contributed by atoms with Crippen LogP contribution in [0.1, 0.15) is 31.9 Å². The van der Waals surface area contributed by atoms with E-state index in [1.165, 1.54) is 9.87 Å². The van der Waals surface area contributed by atoms with Crippen molar-refractivity contribution < 1.29 is 8.42 Å². The third kappa shape index (κ3) is 3.81. The zero-order chi connectivity index (χ0) is 18.9. The van der Waals surface area contributed by atoms with E-state index in [2.05, 4.69) is 32.9 Å². The SMILES string of the molecule is CN(Cc1ccc(C(C)(C)C)cc1)S(=O)(=O)c1ccc2ccccc2c1. The Labute approximate surface area is 156 Å². The Bertz CT molecular complexity index is 1020. The molecule has 4 heteroatoms. The van der Waals surface area contributed by atoms with Gasteiger partial charge in [0.05, 0.1) is 4.90 Å². The minimum atomic E-state index is -3.53. The Balaban J connectivity index is 1.84. The molecule has 3 aromatic carbocycles. The molecule has 0 amide bonds. The highest BCUT2D eigenvalue weighted by atomic mass is 32.2. The molecule has 0 bridgehead atoms. The molecule has 26 heavy (non-hydrogen) atoms. The first-order valence-corrected chi connectivity index (χ1v) is 10.2. The lowest BCUT2D eigenvalue weighted by Crippen LogP contribution is -2.26. The molecule has 0 aliphatic carbocycles. The molecule has 0 unspecified atom stereocenters. The predicted octanol–water partition coefficient (Wildman–Crippen LogP) is 4.96. The number of rotatable bonds is 4. The molecule has 0 heterocycles. The number of hydrogen-bond acceptors (Lipinski definition) is 2. The van der Waals surface area contributed by atoms with Crippen molar-refractivity contribution in [1.29, 1.82) is 0 Å². The summed E-state index contributed by atoms with van der Waals surface area (Å²) in [5, 5.41) is 1.96. The summed E-state index contributed by atoms with van der Waals surface area (Å²) in [6.07, 6.45) is 0. The molecule has 3 aromatic rings. The van der Waals surface area contributed by atoms with Gasteiger partial charge in [0.1, 0.15) is 0 Å². The van der Waals surface area contributed by atoms with Gasteiger partial charge in [0.15, 0.2) is 0 Å². The fourth-order valence-electron chi connectivity index (χ4n) is 2.96. The molecular weight excluding hydrogens is 342 g/mol. The van der Waals surface area contributed by atoms with E-state index in [1.807, 2.05) is 42.5 Å². The summed E-state index contributed by atoms with van der Waals surface area (Å²) in [6, 6.07) is 21.2. The van der Waals surface area contributed by atoms with Gasteiger partial charge in [0.25, 0.3) is 0 Å². The molecule has 0 fully saturated rings. The molecule has 0 N–H and O–H groups in total. The molecule has 0 atom stereocenters. The van der Waals surface area contributed by atoms with Crippen LogP contribution in [0.2, 0.25) is 0 Å². The molecule has 3 rings (SSSR count). The third-order valence-electron chi connectivity index (χ3n) is 4.65. The average Bonchev–Trinajstić information content (AvgIpc) is 2.61. The van der Waals surface area contributed by atoms with Crippen molar-refractivity contribution in [3.8, 4) is 0 Å². The topological polar surface area (TPSA) is 37.4 Å². The number of nitrogens with zero attached hydrogens (tertiary/aromatic N) is 1. The maximum Gasteiger partial charge on any atom is 0.243 e. The Kier molecular flexibility index (Phi) is 4.91. The zero-order valence-electron chi connectivity index (χ0n) is 15.7. The highest BCUT2D eigenvalue weighted by Gasteiger charge is 2.21. The summed E-state index contributed by atoms with van der Waals surface area (Å²) in [5.74, 6) is 0. The molecule has 3 nitrogen and oxygen atoms in total. The first-order valence-electron chi connectivity index (χ1n) is 8.72. The van der Waals surface area contributed by atoms with Crippen molar-refractivity contribution in [3.05, 3.63) is 77.9 Å². The van der Waals surface area contributed by atoms with E-state index < -0.39 is 10.0 Å². The second-order valence-corrected chi connectivity index (χ2v) is 9.76. The molecular formula is C22H25NO2S. The van der Waals surface area contributed by atoms with E-state index >= 15 is 0 Å². The van der Waals surface area contributed by atoms with Crippen LogP contribution >= 0.6 is 0 Å². The smallest absolute Gasteiger partial charge is 0.207 e. The Morgan fingerprint density at radius 1 is 0.846 bits per heavy atom. The summed E-state index contributed by atoms with van der Waals surface area (Å²) in [6.45, 7) is 6.84. The lowest BCUT2D eigenvalue weighted by atomic mass is 9.87. The molecule has 0 aliphatic heterocycles. The fourth-order valence-corrected chi connectivity index (χ4v) is 4.15. The molecule has 0 aliphatic rings.